The standard InChI is InChI=1S/C32H46N4O6/c1-3-42-31(39)21-34-28(15-16-30(38)35-17-8-5-9-18-35)32(40)36(22-25-13-10-14-26(19-25)41-2)23-29(37)27(33)20-24-11-6-4-7-12-24/h4,6-7,10-14,19,27-29,34,37H,3,5,8-9,15-18,20-23,33H2,1-2H3/t27-,28+,29+/m0/s1. The van der Waals surface area contributed by atoms with E-state index in [4.69, 9.17) is 15.2 Å². The van der Waals surface area contributed by atoms with Gasteiger partial charge in [-0.15, -0.1) is 0 Å². The number of esters is 1. The summed E-state index contributed by atoms with van der Waals surface area (Å²) in [5.74, 6) is -0.179. The van der Waals surface area contributed by atoms with Crippen LogP contribution in [0.2, 0.25) is 0 Å². The van der Waals surface area contributed by atoms with Gasteiger partial charge in [-0.2, -0.15) is 0 Å². The first-order valence-electron chi connectivity index (χ1n) is 14.9. The zero-order valence-corrected chi connectivity index (χ0v) is 24.9. The fraction of sp³-hybridized carbons (Fsp3) is 0.531. The molecule has 0 spiro atoms. The number of carbonyl (C=O) groups is 3. The lowest BCUT2D eigenvalue weighted by atomic mass is 10.0. The first-order chi connectivity index (χ1) is 20.3. The van der Waals surface area contributed by atoms with Gasteiger partial charge in [0.25, 0.3) is 0 Å². The highest BCUT2D eigenvalue weighted by atomic mass is 16.5. The smallest absolute Gasteiger partial charge is 0.319 e. The number of hydrogen-bond donors (Lipinski definition) is 3. The van der Waals surface area contributed by atoms with Crippen molar-refractivity contribution in [2.45, 2.75) is 70.2 Å². The first kappa shape index (κ1) is 33.0. The first-order valence-corrected chi connectivity index (χ1v) is 14.9. The zero-order chi connectivity index (χ0) is 30.3. The number of nitrogens with one attached hydrogen (secondary N) is 1. The molecule has 1 aliphatic rings. The summed E-state index contributed by atoms with van der Waals surface area (Å²) in [4.78, 5) is 42.6. The maximum atomic E-state index is 14.1. The van der Waals surface area contributed by atoms with Crippen LogP contribution in [0.15, 0.2) is 54.6 Å². The van der Waals surface area contributed by atoms with Crippen LogP contribution >= 0.6 is 0 Å². The van der Waals surface area contributed by atoms with Crippen molar-refractivity contribution in [2.75, 3.05) is 39.9 Å². The number of likely N-dealkylation sites (tertiary alicyclic amines) is 1. The van der Waals surface area contributed by atoms with Crippen LogP contribution in [0.1, 0.15) is 50.2 Å². The van der Waals surface area contributed by atoms with E-state index in [1.54, 1.807) is 18.9 Å². The summed E-state index contributed by atoms with van der Waals surface area (Å²) in [5, 5.41) is 14.2. The van der Waals surface area contributed by atoms with Gasteiger partial charge in [-0.3, -0.25) is 19.7 Å². The molecule has 3 rings (SSSR count). The normalized spacial score (nSPS) is 15.4. The van der Waals surface area contributed by atoms with Gasteiger partial charge in [-0.1, -0.05) is 42.5 Å². The third-order valence-electron chi connectivity index (χ3n) is 7.49. The topological polar surface area (TPSA) is 134 Å². The molecule has 2 amide bonds. The molecule has 42 heavy (non-hydrogen) atoms. The van der Waals surface area contributed by atoms with Gasteiger partial charge in [0.05, 0.1) is 32.4 Å². The average Bonchev–Trinajstić information content (AvgIpc) is 3.01. The summed E-state index contributed by atoms with van der Waals surface area (Å²) in [6, 6.07) is 15.5. The molecule has 1 aliphatic heterocycles. The van der Waals surface area contributed by atoms with Crippen molar-refractivity contribution in [3.05, 3.63) is 65.7 Å². The van der Waals surface area contributed by atoms with Crippen molar-refractivity contribution in [3.8, 4) is 5.75 Å². The van der Waals surface area contributed by atoms with Crippen molar-refractivity contribution < 1.29 is 29.0 Å². The Balaban J connectivity index is 1.79. The Kier molecular flexibility index (Phi) is 13.7. The molecule has 1 saturated heterocycles. The molecule has 0 aromatic heterocycles. The Morgan fingerprint density at radius 1 is 1.05 bits per heavy atom. The van der Waals surface area contributed by atoms with E-state index in [1.807, 2.05) is 59.5 Å². The van der Waals surface area contributed by atoms with Crippen LogP contribution in [0.5, 0.6) is 5.75 Å². The molecule has 0 unspecified atom stereocenters. The number of methoxy groups -OCH3 is 1. The molecule has 0 radical (unpaired) electrons. The van der Waals surface area contributed by atoms with E-state index < -0.39 is 24.2 Å². The molecular weight excluding hydrogens is 536 g/mol. The number of nitrogens with two attached hydrogens (primary N) is 1. The van der Waals surface area contributed by atoms with Gasteiger partial charge in [-0.25, -0.2) is 0 Å². The maximum Gasteiger partial charge on any atom is 0.319 e. The molecule has 230 valence electrons. The van der Waals surface area contributed by atoms with Crippen molar-refractivity contribution in [3.63, 3.8) is 0 Å². The molecule has 1 heterocycles. The molecular formula is C32H46N4O6. The van der Waals surface area contributed by atoms with Gasteiger partial charge in [0, 0.05) is 38.6 Å². The number of amides is 2. The monoisotopic (exact) mass is 582 g/mol. The molecule has 10 nitrogen and oxygen atoms in total. The summed E-state index contributed by atoms with van der Waals surface area (Å²) < 4.78 is 10.4. The Hall–Kier alpha value is -3.47. The lowest BCUT2D eigenvalue weighted by Gasteiger charge is -2.32. The van der Waals surface area contributed by atoms with Gasteiger partial charge in [-0.05, 0) is 62.3 Å². The molecule has 3 atom stereocenters. The van der Waals surface area contributed by atoms with Crippen molar-refractivity contribution in [1.29, 1.82) is 0 Å². The second kappa shape index (κ2) is 17.5. The lowest BCUT2D eigenvalue weighted by molar-refractivity contribution is -0.142. The summed E-state index contributed by atoms with van der Waals surface area (Å²) in [5.41, 5.74) is 8.18. The van der Waals surface area contributed by atoms with Crippen molar-refractivity contribution in [1.82, 2.24) is 15.1 Å². The van der Waals surface area contributed by atoms with Crippen LogP contribution in [-0.2, 0) is 32.1 Å². The van der Waals surface area contributed by atoms with E-state index >= 15 is 0 Å². The Labute approximate surface area is 249 Å². The second-order valence-electron chi connectivity index (χ2n) is 10.7. The van der Waals surface area contributed by atoms with Crippen LogP contribution in [0.25, 0.3) is 0 Å². The van der Waals surface area contributed by atoms with Crippen LogP contribution < -0.4 is 15.8 Å². The van der Waals surface area contributed by atoms with Crippen LogP contribution in [0.4, 0.5) is 0 Å². The van der Waals surface area contributed by atoms with E-state index in [9.17, 15) is 19.5 Å². The third-order valence-corrected chi connectivity index (χ3v) is 7.49. The van der Waals surface area contributed by atoms with Crippen molar-refractivity contribution in [2.24, 2.45) is 5.73 Å². The van der Waals surface area contributed by atoms with Crippen LogP contribution in [0.3, 0.4) is 0 Å². The SMILES string of the molecule is CCOC(=O)CN[C@H](CCC(=O)N1CCCCC1)C(=O)N(Cc1cccc(OC)c1)C[C@@H](O)[C@@H](N)Cc1ccccc1. The number of aliphatic hydroxyl groups is 1. The summed E-state index contributed by atoms with van der Waals surface area (Å²) >= 11 is 0. The quantitative estimate of drug-likeness (QED) is 0.257. The predicted molar refractivity (Wildman–Crippen MR) is 161 cm³/mol. The molecule has 1 fully saturated rings. The zero-order valence-electron chi connectivity index (χ0n) is 24.9. The highest BCUT2D eigenvalue weighted by Gasteiger charge is 2.30. The van der Waals surface area contributed by atoms with Crippen LogP contribution in [0, 0.1) is 0 Å². The van der Waals surface area contributed by atoms with Gasteiger partial charge in [0.1, 0.15) is 5.75 Å². The number of carbonyl (C=O) groups excluding carboxylic acids is 3. The molecule has 2 aromatic rings. The van der Waals surface area contributed by atoms with Crippen LogP contribution in [-0.4, -0.2) is 90.8 Å². The van der Waals surface area contributed by atoms with E-state index in [2.05, 4.69) is 5.32 Å². The van der Waals surface area contributed by atoms with Gasteiger partial charge in [0.2, 0.25) is 11.8 Å². The third kappa shape index (κ3) is 10.7. The largest absolute Gasteiger partial charge is 0.497 e. The van der Waals surface area contributed by atoms with E-state index in [0.29, 0.717) is 12.2 Å². The molecule has 10 heteroatoms. The van der Waals surface area contributed by atoms with E-state index in [0.717, 1.165) is 43.5 Å². The lowest BCUT2D eigenvalue weighted by Crippen LogP contribution is -2.52. The molecule has 0 saturated carbocycles. The minimum atomic E-state index is -1.01. The Bertz CT molecular complexity index is 1120. The number of benzene rings is 2. The summed E-state index contributed by atoms with van der Waals surface area (Å²) in [7, 11) is 1.57. The fourth-order valence-corrected chi connectivity index (χ4v) is 5.13. The predicted octanol–water partition coefficient (Wildman–Crippen LogP) is 2.27. The van der Waals surface area contributed by atoms with E-state index in [1.165, 1.54) is 0 Å². The maximum absolute atomic E-state index is 14.1. The summed E-state index contributed by atoms with van der Waals surface area (Å²) in [6.07, 6.45) is 2.86. The van der Waals surface area contributed by atoms with E-state index in [-0.39, 0.29) is 50.9 Å². The molecule has 0 aliphatic carbocycles. The minimum absolute atomic E-state index is 0.00491. The number of nitrogens with zero attached hydrogens (tertiary/aromatic N) is 2. The Morgan fingerprint density at radius 3 is 2.45 bits per heavy atom. The second-order valence-corrected chi connectivity index (χ2v) is 10.7. The number of ether oxygens (including phenoxy) is 2. The Morgan fingerprint density at radius 2 is 1.76 bits per heavy atom. The number of aliphatic hydroxyl groups excluding tert-OH is 1. The molecule has 2 aromatic carbocycles. The minimum Gasteiger partial charge on any atom is -0.497 e. The summed E-state index contributed by atoms with van der Waals surface area (Å²) in [6.45, 7) is 3.37. The average molecular weight is 583 g/mol. The molecule has 4 N–H and O–H groups in total. The van der Waals surface area contributed by atoms with Gasteiger partial charge in [0.15, 0.2) is 0 Å². The number of hydrogen-bond acceptors (Lipinski definition) is 8. The number of rotatable bonds is 16. The fourth-order valence-electron chi connectivity index (χ4n) is 5.13. The molecule has 0 bridgehead atoms. The van der Waals surface area contributed by atoms with Crippen molar-refractivity contribution >= 4 is 17.8 Å². The van der Waals surface area contributed by atoms with Gasteiger partial charge >= 0.3 is 5.97 Å². The number of piperidine rings is 1. The highest BCUT2D eigenvalue weighted by Crippen LogP contribution is 2.18. The van der Waals surface area contributed by atoms with Gasteiger partial charge < -0.3 is 30.1 Å². The highest BCUT2D eigenvalue weighted by molar-refractivity contribution is 5.84.